The van der Waals surface area contributed by atoms with Crippen molar-refractivity contribution in [2.45, 2.75) is 25.0 Å². The smallest absolute Gasteiger partial charge is 0.234 e. The highest BCUT2D eigenvalue weighted by atomic mass is 32.2. The largest absolute Gasteiger partial charge is 0.457 e. The maximum Gasteiger partial charge on any atom is 0.234 e. The third-order valence-corrected chi connectivity index (χ3v) is 5.73. The van der Waals surface area contributed by atoms with Crippen LogP contribution < -0.4 is 10.1 Å². The van der Waals surface area contributed by atoms with Gasteiger partial charge in [0, 0.05) is 18.7 Å². The van der Waals surface area contributed by atoms with Crippen molar-refractivity contribution in [1.29, 1.82) is 0 Å². The molecule has 0 radical (unpaired) electrons. The number of amides is 1. The lowest BCUT2D eigenvalue weighted by molar-refractivity contribution is -0.113. The van der Waals surface area contributed by atoms with Crippen LogP contribution in [0.2, 0.25) is 0 Å². The number of aromatic nitrogens is 3. The van der Waals surface area contributed by atoms with Gasteiger partial charge in [0.25, 0.3) is 0 Å². The van der Waals surface area contributed by atoms with Crippen LogP contribution in [0.3, 0.4) is 0 Å². The molecule has 1 amide bonds. The molecule has 162 valence electrons. The predicted octanol–water partition coefficient (Wildman–Crippen LogP) is 5.41. The van der Waals surface area contributed by atoms with Gasteiger partial charge in [0.15, 0.2) is 5.16 Å². The summed E-state index contributed by atoms with van der Waals surface area (Å²) in [4.78, 5) is 12.4. The summed E-state index contributed by atoms with van der Waals surface area (Å²) in [5, 5.41) is 12.3. The summed E-state index contributed by atoms with van der Waals surface area (Å²) in [7, 11) is 0. The number of ether oxygens (including phenoxy) is 1. The second-order valence-electron chi connectivity index (χ2n) is 7.08. The predicted molar refractivity (Wildman–Crippen MR) is 127 cm³/mol. The highest BCUT2D eigenvalue weighted by Gasteiger charge is 2.14. The molecule has 6 nitrogen and oxygen atoms in total. The summed E-state index contributed by atoms with van der Waals surface area (Å²) in [6, 6.07) is 27.1. The molecule has 1 aromatic heterocycles. The molecule has 0 fully saturated rings. The maximum atomic E-state index is 12.4. The molecule has 0 saturated heterocycles. The molecular formula is C25H24N4O2S. The second-order valence-corrected chi connectivity index (χ2v) is 8.02. The van der Waals surface area contributed by atoms with Crippen molar-refractivity contribution >= 4 is 23.4 Å². The zero-order valence-corrected chi connectivity index (χ0v) is 18.6. The van der Waals surface area contributed by atoms with Crippen LogP contribution in [0.5, 0.6) is 11.5 Å². The Morgan fingerprint density at radius 1 is 0.906 bits per heavy atom. The van der Waals surface area contributed by atoms with Crippen LogP contribution in [-0.4, -0.2) is 26.4 Å². The summed E-state index contributed by atoms with van der Waals surface area (Å²) in [6.07, 6.45) is 0.714. The Morgan fingerprint density at radius 3 is 2.25 bits per heavy atom. The Labute approximate surface area is 191 Å². The molecule has 0 unspecified atom stereocenters. The highest BCUT2D eigenvalue weighted by Crippen LogP contribution is 2.23. The number of hydrogen-bond acceptors (Lipinski definition) is 5. The van der Waals surface area contributed by atoms with Crippen LogP contribution in [0, 0.1) is 0 Å². The fourth-order valence-corrected chi connectivity index (χ4v) is 4.03. The van der Waals surface area contributed by atoms with E-state index in [0.717, 1.165) is 29.0 Å². The van der Waals surface area contributed by atoms with Crippen LogP contribution in [0.15, 0.2) is 90.1 Å². The average molecular weight is 445 g/mol. The van der Waals surface area contributed by atoms with Crippen molar-refractivity contribution in [3.05, 3.63) is 96.3 Å². The molecule has 0 bridgehead atoms. The topological polar surface area (TPSA) is 69.0 Å². The van der Waals surface area contributed by atoms with E-state index in [2.05, 4.69) is 39.1 Å². The van der Waals surface area contributed by atoms with E-state index in [1.807, 2.05) is 72.8 Å². The number of anilines is 1. The van der Waals surface area contributed by atoms with Crippen molar-refractivity contribution in [2.75, 3.05) is 11.1 Å². The van der Waals surface area contributed by atoms with E-state index in [0.29, 0.717) is 12.2 Å². The average Bonchev–Trinajstić information content (AvgIpc) is 3.21. The van der Waals surface area contributed by atoms with Gasteiger partial charge in [0.05, 0.1) is 5.75 Å². The monoisotopic (exact) mass is 444 g/mol. The van der Waals surface area contributed by atoms with Crippen LogP contribution >= 0.6 is 11.8 Å². The minimum absolute atomic E-state index is 0.0954. The van der Waals surface area contributed by atoms with Gasteiger partial charge in [0.2, 0.25) is 5.91 Å². The lowest BCUT2D eigenvalue weighted by Gasteiger charge is -2.09. The second kappa shape index (κ2) is 10.6. The number of rotatable bonds is 9. The number of carbonyl (C=O) groups is 1. The van der Waals surface area contributed by atoms with Crippen molar-refractivity contribution in [3.8, 4) is 11.5 Å². The Morgan fingerprint density at radius 2 is 1.56 bits per heavy atom. The molecule has 0 aliphatic rings. The van der Waals surface area contributed by atoms with Gasteiger partial charge >= 0.3 is 0 Å². The van der Waals surface area contributed by atoms with Crippen LogP contribution in [0.25, 0.3) is 0 Å². The molecule has 3 aromatic carbocycles. The first-order valence-corrected chi connectivity index (χ1v) is 11.4. The van der Waals surface area contributed by atoms with Gasteiger partial charge in [0.1, 0.15) is 17.3 Å². The van der Waals surface area contributed by atoms with Crippen LogP contribution in [0.4, 0.5) is 5.69 Å². The van der Waals surface area contributed by atoms with Gasteiger partial charge in [-0.2, -0.15) is 0 Å². The van der Waals surface area contributed by atoms with Gasteiger partial charge in [-0.05, 0) is 48.9 Å². The Hall–Kier alpha value is -3.58. The van der Waals surface area contributed by atoms with E-state index < -0.39 is 0 Å². The third kappa shape index (κ3) is 5.76. The number of thioether (sulfide) groups is 1. The summed E-state index contributed by atoms with van der Waals surface area (Å²) in [5.74, 6) is 2.54. The molecule has 0 spiro atoms. The number of hydrogen-bond donors (Lipinski definition) is 1. The minimum Gasteiger partial charge on any atom is -0.457 e. The van der Waals surface area contributed by atoms with Gasteiger partial charge in [-0.1, -0.05) is 60.3 Å². The lowest BCUT2D eigenvalue weighted by Crippen LogP contribution is -2.14. The molecule has 1 N–H and O–H groups in total. The molecule has 0 saturated carbocycles. The molecule has 4 aromatic rings. The van der Waals surface area contributed by atoms with Crippen LogP contribution in [0.1, 0.15) is 18.3 Å². The minimum atomic E-state index is -0.0954. The fraction of sp³-hybridized carbons (Fsp3) is 0.160. The molecule has 32 heavy (non-hydrogen) atoms. The molecule has 0 atom stereocenters. The van der Waals surface area contributed by atoms with E-state index in [9.17, 15) is 4.79 Å². The van der Waals surface area contributed by atoms with Crippen molar-refractivity contribution in [1.82, 2.24) is 14.8 Å². The Kier molecular flexibility index (Phi) is 7.19. The summed E-state index contributed by atoms with van der Waals surface area (Å²) in [6.45, 7) is 2.81. The van der Waals surface area contributed by atoms with Crippen molar-refractivity contribution in [2.24, 2.45) is 0 Å². The number of benzene rings is 3. The number of nitrogens with zero attached hydrogens (tertiary/aromatic N) is 3. The van der Waals surface area contributed by atoms with E-state index in [-0.39, 0.29) is 11.7 Å². The molecule has 4 rings (SSSR count). The first-order chi connectivity index (χ1) is 15.7. The zero-order valence-electron chi connectivity index (χ0n) is 17.8. The number of para-hydroxylation sites is 1. The van der Waals surface area contributed by atoms with Crippen molar-refractivity contribution < 1.29 is 9.53 Å². The number of carbonyl (C=O) groups excluding carboxylic acids is 1. The van der Waals surface area contributed by atoms with E-state index in [4.69, 9.17) is 4.74 Å². The van der Waals surface area contributed by atoms with Crippen LogP contribution in [-0.2, 0) is 17.8 Å². The normalized spacial score (nSPS) is 10.7. The SMILES string of the molecule is CCn1c(Cc2ccccc2)nnc1SCC(=O)Nc1ccc(Oc2ccccc2)cc1. The standard InChI is InChI=1S/C25H24N4O2S/c1-2-29-23(17-19-9-5-3-6-10-19)27-28-25(29)32-18-24(30)26-20-13-15-22(16-14-20)31-21-11-7-4-8-12-21/h3-16H,2,17-18H2,1H3,(H,26,30). The molecule has 0 aliphatic carbocycles. The van der Waals surface area contributed by atoms with Gasteiger partial charge in [-0.25, -0.2) is 0 Å². The van der Waals surface area contributed by atoms with Crippen molar-refractivity contribution in [3.63, 3.8) is 0 Å². The zero-order chi connectivity index (χ0) is 22.2. The maximum absolute atomic E-state index is 12.4. The first-order valence-electron chi connectivity index (χ1n) is 10.4. The Balaban J connectivity index is 1.31. The molecule has 7 heteroatoms. The number of nitrogens with one attached hydrogen (secondary N) is 1. The molecular weight excluding hydrogens is 420 g/mol. The lowest BCUT2D eigenvalue weighted by atomic mass is 10.1. The molecule has 1 heterocycles. The van der Waals surface area contributed by atoms with Gasteiger partial charge in [-0.3, -0.25) is 4.79 Å². The van der Waals surface area contributed by atoms with E-state index in [1.54, 1.807) is 0 Å². The first kappa shape index (κ1) is 21.6. The summed E-state index contributed by atoms with van der Waals surface area (Å²) < 4.78 is 7.84. The van der Waals surface area contributed by atoms with E-state index in [1.165, 1.54) is 17.3 Å². The highest BCUT2D eigenvalue weighted by molar-refractivity contribution is 7.99. The third-order valence-electron chi connectivity index (χ3n) is 4.76. The summed E-state index contributed by atoms with van der Waals surface area (Å²) >= 11 is 1.39. The fourth-order valence-electron chi connectivity index (χ4n) is 3.21. The molecule has 0 aliphatic heterocycles. The van der Waals surface area contributed by atoms with E-state index >= 15 is 0 Å². The quantitative estimate of drug-likeness (QED) is 0.350. The summed E-state index contributed by atoms with van der Waals surface area (Å²) in [5.41, 5.74) is 1.90. The van der Waals surface area contributed by atoms with Gasteiger partial charge in [-0.15, -0.1) is 10.2 Å². The Bertz CT molecular complexity index is 1150. The van der Waals surface area contributed by atoms with Gasteiger partial charge < -0.3 is 14.6 Å².